The van der Waals surface area contributed by atoms with E-state index in [1.165, 1.54) is 13.0 Å². The Kier molecular flexibility index (Phi) is 5.59. The van der Waals surface area contributed by atoms with Crippen LogP contribution in [0.15, 0.2) is 27.4 Å². The first-order chi connectivity index (χ1) is 13.9. The second kappa shape index (κ2) is 7.71. The van der Waals surface area contributed by atoms with Crippen molar-refractivity contribution >= 4 is 34.2 Å². The molecule has 0 bridgehead atoms. The lowest BCUT2D eigenvalue weighted by atomic mass is 9.76. The lowest BCUT2D eigenvalue weighted by Crippen LogP contribution is -2.20. The van der Waals surface area contributed by atoms with Gasteiger partial charge in [0.25, 0.3) is 0 Å². The van der Waals surface area contributed by atoms with E-state index in [2.05, 4.69) is 13.8 Å². The van der Waals surface area contributed by atoms with Crippen LogP contribution in [0.2, 0.25) is 0 Å². The monoisotopic (exact) mass is 408 g/mol. The number of Topliss-reactive ketones (excluding diaryl/α,β-unsaturated/α-hetero) is 2. The Bertz CT molecular complexity index is 1170. The molecule has 1 N–H and O–H groups in total. The summed E-state index contributed by atoms with van der Waals surface area (Å²) in [6, 6.07) is 1.31. The quantitative estimate of drug-likeness (QED) is 0.535. The highest BCUT2D eigenvalue weighted by atomic mass is 16.4. The van der Waals surface area contributed by atoms with Crippen LogP contribution in [0.5, 0.6) is 5.75 Å². The van der Waals surface area contributed by atoms with Crippen LogP contribution in [0.3, 0.4) is 0 Å². The molecule has 0 amide bonds. The fraction of sp³-hybridized carbons (Fsp3) is 0.400. The third-order valence-electron chi connectivity index (χ3n) is 5.53. The molecule has 5 nitrogen and oxygen atoms in total. The molecular weight excluding hydrogens is 380 g/mol. The molecule has 3 rings (SSSR count). The van der Waals surface area contributed by atoms with E-state index in [0.717, 1.165) is 5.56 Å². The van der Waals surface area contributed by atoms with Gasteiger partial charge in [-0.25, -0.2) is 4.79 Å². The van der Waals surface area contributed by atoms with Crippen LogP contribution >= 0.6 is 0 Å². The molecule has 2 aromatic rings. The Morgan fingerprint density at radius 2 is 1.93 bits per heavy atom. The van der Waals surface area contributed by atoms with Gasteiger partial charge in [0.15, 0.2) is 5.78 Å². The van der Waals surface area contributed by atoms with Crippen molar-refractivity contribution in [2.75, 3.05) is 0 Å². The van der Waals surface area contributed by atoms with Crippen LogP contribution < -0.4 is 5.63 Å². The molecule has 1 aromatic heterocycles. The van der Waals surface area contributed by atoms with Crippen LogP contribution in [0, 0.1) is 11.3 Å². The highest BCUT2D eigenvalue weighted by Gasteiger charge is 2.32. The minimum Gasteiger partial charge on any atom is -0.506 e. The van der Waals surface area contributed by atoms with Gasteiger partial charge in [-0.05, 0) is 42.4 Å². The number of aromatic hydroxyl groups is 1. The molecule has 0 unspecified atom stereocenters. The summed E-state index contributed by atoms with van der Waals surface area (Å²) < 4.78 is 5.59. The van der Waals surface area contributed by atoms with Crippen molar-refractivity contribution in [2.24, 2.45) is 11.3 Å². The number of phenolic OH excluding ortho intramolecular Hbond substituents is 1. The van der Waals surface area contributed by atoms with Gasteiger partial charge in [-0.2, -0.15) is 0 Å². The Hall–Kier alpha value is -2.95. The Labute approximate surface area is 176 Å². The average Bonchev–Trinajstić information content (AvgIpc) is 2.65. The van der Waals surface area contributed by atoms with E-state index in [4.69, 9.17) is 4.42 Å². The van der Waals surface area contributed by atoms with Gasteiger partial charge in [-0.3, -0.25) is 9.59 Å². The topological polar surface area (TPSA) is 84.6 Å². The molecule has 0 radical (unpaired) electrons. The fourth-order valence-corrected chi connectivity index (χ4v) is 3.91. The third-order valence-corrected chi connectivity index (χ3v) is 5.53. The number of carbonyl (C=O) groups is 2. The number of hydrogen-bond acceptors (Lipinski definition) is 5. The van der Waals surface area contributed by atoms with Gasteiger partial charge in [-0.15, -0.1) is 0 Å². The van der Waals surface area contributed by atoms with Gasteiger partial charge in [-0.1, -0.05) is 45.9 Å². The SMILES string of the molecule is CC(=O)CC=C(C)c1cc(=O)oc2c3c(c(C(=O)C(C)C)c(O)c12)C=CC(C)(C)C3. The fourth-order valence-electron chi connectivity index (χ4n) is 3.91. The minimum atomic E-state index is -0.537. The summed E-state index contributed by atoms with van der Waals surface area (Å²) in [6.07, 6.45) is 6.36. The molecule has 0 saturated heterocycles. The van der Waals surface area contributed by atoms with Crippen molar-refractivity contribution in [3.8, 4) is 5.75 Å². The van der Waals surface area contributed by atoms with Crippen molar-refractivity contribution in [3.63, 3.8) is 0 Å². The Morgan fingerprint density at radius 3 is 2.53 bits per heavy atom. The maximum Gasteiger partial charge on any atom is 0.336 e. The van der Waals surface area contributed by atoms with E-state index in [-0.39, 0.29) is 40.6 Å². The first-order valence-corrected chi connectivity index (χ1v) is 10.2. The first-order valence-electron chi connectivity index (χ1n) is 10.2. The Morgan fingerprint density at radius 1 is 1.27 bits per heavy atom. The van der Waals surface area contributed by atoms with Gasteiger partial charge in [0, 0.05) is 24.0 Å². The molecule has 0 spiro atoms. The molecule has 1 heterocycles. The van der Waals surface area contributed by atoms with Crippen LogP contribution in [-0.2, 0) is 11.2 Å². The maximum absolute atomic E-state index is 13.1. The molecule has 1 aliphatic rings. The van der Waals surface area contributed by atoms with Gasteiger partial charge in [0.1, 0.15) is 17.1 Å². The number of hydrogen-bond donors (Lipinski definition) is 1. The molecule has 5 heteroatoms. The maximum atomic E-state index is 13.1. The number of phenols is 1. The van der Waals surface area contributed by atoms with Gasteiger partial charge < -0.3 is 9.52 Å². The van der Waals surface area contributed by atoms with E-state index < -0.39 is 5.63 Å². The molecule has 1 aromatic carbocycles. The summed E-state index contributed by atoms with van der Waals surface area (Å²) in [4.78, 5) is 36.9. The largest absolute Gasteiger partial charge is 0.506 e. The minimum absolute atomic E-state index is 0.00853. The van der Waals surface area contributed by atoms with E-state index in [1.54, 1.807) is 26.8 Å². The number of fused-ring (bicyclic) bond motifs is 3. The first kappa shape index (κ1) is 21.8. The van der Waals surface area contributed by atoms with Crippen LogP contribution in [0.4, 0.5) is 0 Å². The number of benzene rings is 1. The molecule has 0 atom stereocenters. The van der Waals surface area contributed by atoms with Gasteiger partial charge in [0.05, 0.1) is 10.9 Å². The van der Waals surface area contributed by atoms with Crippen LogP contribution in [0.1, 0.15) is 75.0 Å². The summed E-state index contributed by atoms with van der Waals surface area (Å²) in [7, 11) is 0. The second-order valence-electron chi connectivity index (χ2n) is 9.11. The normalized spacial score (nSPS) is 15.5. The lowest BCUT2D eigenvalue weighted by molar-refractivity contribution is -0.116. The molecule has 1 aliphatic carbocycles. The summed E-state index contributed by atoms with van der Waals surface area (Å²) >= 11 is 0. The highest BCUT2D eigenvalue weighted by Crippen LogP contribution is 2.45. The van der Waals surface area contributed by atoms with Gasteiger partial charge in [0.2, 0.25) is 0 Å². The summed E-state index contributed by atoms with van der Waals surface area (Å²) in [5.41, 5.74) is 2.35. The second-order valence-corrected chi connectivity index (χ2v) is 9.11. The molecule has 0 fully saturated rings. The Balaban J connectivity index is 2.48. The zero-order chi connectivity index (χ0) is 22.4. The number of allylic oxidation sites excluding steroid dienone is 3. The molecule has 158 valence electrons. The predicted molar refractivity (Wildman–Crippen MR) is 119 cm³/mol. The van der Waals surface area contributed by atoms with Crippen molar-refractivity contribution in [2.45, 2.75) is 54.4 Å². The zero-order valence-electron chi connectivity index (χ0n) is 18.4. The molecule has 0 aliphatic heterocycles. The lowest BCUT2D eigenvalue weighted by Gasteiger charge is -2.28. The molecule has 0 saturated carbocycles. The van der Waals surface area contributed by atoms with Crippen molar-refractivity contribution in [1.82, 2.24) is 0 Å². The van der Waals surface area contributed by atoms with Crippen molar-refractivity contribution < 1.29 is 19.1 Å². The van der Waals surface area contributed by atoms with E-state index >= 15 is 0 Å². The summed E-state index contributed by atoms with van der Waals surface area (Å²) in [6.45, 7) is 11.0. The standard InChI is InChI=1S/C25H28O5/c1-13(2)22(28)20-16-9-10-25(5,6)12-18(16)24-21(23(20)29)17(11-19(27)30-24)14(3)7-8-15(4)26/h7,9-11,13,29H,8,12H2,1-6H3. The van der Waals surface area contributed by atoms with E-state index in [1.807, 2.05) is 12.2 Å². The summed E-state index contributed by atoms with van der Waals surface area (Å²) in [5.74, 6) is -0.668. The molecule has 30 heavy (non-hydrogen) atoms. The number of carbonyl (C=O) groups excluding carboxylic acids is 2. The molecular formula is C25H28O5. The van der Waals surface area contributed by atoms with Crippen LogP contribution in [-0.4, -0.2) is 16.7 Å². The average molecular weight is 408 g/mol. The van der Waals surface area contributed by atoms with Crippen molar-refractivity contribution in [3.05, 3.63) is 50.9 Å². The zero-order valence-corrected chi connectivity index (χ0v) is 18.4. The smallest absolute Gasteiger partial charge is 0.336 e. The van der Waals surface area contributed by atoms with Crippen molar-refractivity contribution in [1.29, 1.82) is 0 Å². The van der Waals surface area contributed by atoms with E-state index in [9.17, 15) is 19.5 Å². The van der Waals surface area contributed by atoms with Crippen LogP contribution in [0.25, 0.3) is 22.6 Å². The number of rotatable bonds is 5. The highest BCUT2D eigenvalue weighted by molar-refractivity contribution is 6.11. The predicted octanol–water partition coefficient (Wildman–Crippen LogP) is 5.32. The van der Waals surface area contributed by atoms with E-state index in [0.29, 0.717) is 34.1 Å². The number of ketones is 2. The third kappa shape index (κ3) is 3.89. The van der Waals surface area contributed by atoms with Gasteiger partial charge >= 0.3 is 5.63 Å². The summed E-state index contributed by atoms with van der Waals surface area (Å²) in [5, 5.41) is 11.6.